The molecule has 1 aromatic carbocycles. The van der Waals surface area contributed by atoms with E-state index in [1.165, 1.54) is 74.3 Å². The summed E-state index contributed by atoms with van der Waals surface area (Å²) in [7, 11) is 2.92. The van der Waals surface area contributed by atoms with Crippen molar-refractivity contribution in [3.05, 3.63) is 45.7 Å². The van der Waals surface area contributed by atoms with E-state index in [0.717, 1.165) is 16.7 Å². The third-order valence-electron chi connectivity index (χ3n) is 5.87. The standard InChI is InChI=1S/C20H23N3S2.C2H6O2/c1-2-13-3-5-14(6-4-13)17-11-24-20-18(22-23-19(17)20)15-7-9-16(10-8-15)25-12-21;1-3-4-2/h7-11,13-14,19,22-23H,2-6H2,1H3;1-2H3. The maximum Gasteiger partial charge on any atom is 0.138 e. The van der Waals surface area contributed by atoms with Gasteiger partial charge in [0.2, 0.25) is 0 Å². The van der Waals surface area contributed by atoms with Gasteiger partial charge in [-0.2, -0.15) is 5.26 Å². The van der Waals surface area contributed by atoms with E-state index >= 15 is 0 Å². The number of fused-ring (bicyclic) bond motifs is 1. The highest BCUT2D eigenvalue weighted by molar-refractivity contribution is 8.06. The van der Waals surface area contributed by atoms with Gasteiger partial charge in [-0.3, -0.25) is 0 Å². The molecule has 2 heterocycles. The third kappa shape index (κ3) is 5.39. The summed E-state index contributed by atoms with van der Waals surface area (Å²) in [6.45, 7) is 2.33. The lowest BCUT2D eigenvalue weighted by molar-refractivity contribution is -0.248. The lowest BCUT2D eigenvalue weighted by Gasteiger charge is -2.30. The Bertz CT molecular complexity index is 776. The maximum absolute atomic E-state index is 8.78. The molecule has 2 aliphatic heterocycles. The Morgan fingerprint density at radius 1 is 1.14 bits per heavy atom. The topological polar surface area (TPSA) is 66.3 Å². The SMILES string of the molecule is CCC1CCC(C2=CSC3=C(c4ccc(SC#N)cc4)NNC23)CC1.COOC. The first-order chi connectivity index (χ1) is 14.2. The van der Waals surface area contributed by atoms with Gasteiger partial charge in [0.25, 0.3) is 0 Å². The molecule has 1 unspecified atom stereocenters. The Labute approximate surface area is 182 Å². The fourth-order valence-corrected chi connectivity index (χ4v) is 5.76. The lowest BCUT2D eigenvalue weighted by Crippen LogP contribution is -2.35. The van der Waals surface area contributed by atoms with Crippen molar-refractivity contribution in [1.82, 2.24) is 10.9 Å². The minimum absolute atomic E-state index is 0.344. The molecule has 2 N–H and O–H groups in total. The molecule has 1 aliphatic carbocycles. The summed E-state index contributed by atoms with van der Waals surface area (Å²) in [4.78, 5) is 10.5. The Hall–Kier alpha value is -1.43. The van der Waals surface area contributed by atoms with Gasteiger partial charge in [0.05, 0.1) is 26.0 Å². The Morgan fingerprint density at radius 2 is 1.83 bits per heavy atom. The minimum atomic E-state index is 0.344. The van der Waals surface area contributed by atoms with Crippen LogP contribution in [0.1, 0.15) is 44.6 Å². The van der Waals surface area contributed by atoms with E-state index in [-0.39, 0.29) is 0 Å². The van der Waals surface area contributed by atoms with Crippen molar-refractivity contribution in [3.8, 4) is 5.40 Å². The summed E-state index contributed by atoms with van der Waals surface area (Å²) < 4.78 is 0. The van der Waals surface area contributed by atoms with Gasteiger partial charge in [0.1, 0.15) is 5.40 Å². The third-order valence-corrected chi connectivity index (χ3v) is 7.56. The van der Waals surface area contributed by atoms with Crippen LogP contribution in [0, 0.1) is 22.5 Å². The first-order valence-corrected chi connectivity index (χ1v) is 11.8. The number of nitrogens with one attached hydrogen (secondary N) is 2. The van der Waals surface area contributed by atoms with E-state index in [0.29, 0.717) is 6.04 Å². The van der Waals surface area contributed by atoms with Crippen LogP contribution in [0.2, 0.25) is 0 Å². The molecule has 156 valence electrons. The zero-order valence-corrected chi connectivity index (χ0v) is 18.9. The molecule has 0 spiro atoms. The van der Waals surface area contributed by atoms with Gasteiger partial charge in [-0.15, -0.1) is 0 Å². The summed E-state index contributed by atoms with van der Waals surface area (Å²) in [5.74, 6) is 1.68. The molecule has 0 bridgehead atoms. The van der Waals surface area contributed by atoms with Gasteiger partial charge in [-0.05, 0) is 78.0 Å². The second kappa shape index (κ2) is 11.1. The highest BCUT2D eigenvalue weighted by Gasteiger charge is 2.37. The molecule has 3 aliphatic rings. The monoisotopic (exact) mass is 431 g/mol. The van der Waals surface area contributed by atoms with Gasteiger partial charge < -0.3 is 5.43 Å². The second-order valence-corrected chi connectivity index (χ2v) is 9.12. The number of hydrazine groups is 1. The van der Waals surface area contributed by atoms with Crippen LogP contribution in [0.25, 0.3) is 5.70 Å². The summed E-state index contributed by atoms with van der Waals surface area (Å²) in [5.41, 5.74) is 10.9. The molecule has 0 saturated heterocycles. The van der Waals surface area contributed by atoms with Crippen LogP contribution in [-0.4, -0.2) is 20.3 Å². The van der Waals surface area contributed by atoms with Crippen molar-refractivity contribution in [1.29, 1.82) is 5.26 Å². The number of thiocyanates is 1. The van der Waals surface area contributed by atoms with Gasteiger partial charge in [0.15, 0.2) is 0 Å². The molecule has 5 nitrogen and oxygen atoms in total. The van der Waals surface area contributed by atoms with Crippen LogP contribution >= 0.6 is 23.5 Å². The molecule has 29 heavy (non-hydrogen) atoms. The number of rotatable bonds is 5. The molecule has 4 rings (SSSR count). The number of nitrogens with zero attached hydrogens (tertiary/aromatic N) is 1. The highest BCUT2D eigenvalue weighted by atomic mass is 32.2. The van der Waals surface area contributed by atoms with Crippen LogP contribution in [-0.2, 0) is 9.78 Å². The van der Waals surface area contributed by atoms with Crippen molar-refractivity contribution in [2.75, 3.05) is 14.2 Å². The number of hydrogen-bond donors (Lipinski definition) is 2. The molecular formula is C22H29N3O2S2. The van der Waals surface area contributed by atoms with Crippen LogP contribution in [0.4, 0.5) is 0 Å². The normalized spacial score (nSPS) is 25.4. The molecule has 1 fully saturated rings. The van der Waals surface area contributed by atoms with Crippen molar-refractivity contribution in [2.45, 2.75) is 50.0 Å². The first-order valence-electron chi connectivity index (χ1n) is 10.1. The van der Waals surface area contributed by atoms with Crippen molar-refractivity contribution >= 4 is 29.2 Å². The molecule has 0 aromatic heterocycles. The summed E-state index contributed by atoms with van der Waals surface area (Å²) in [6.07, 6.45) is 6.77. The Kier molecular flexibility index (Phi) is 8.52. The highest BCUT2D eigenvalue weighted by Crippen LogP contribution is 2.47. The summed E-state index contributed by atoms with van der Waals surface area (Å²) in [6, 6.07) is 8.59. The van der Waals surface area contributed by atoms with Gasteiger partial charge in [0, 0.05) is 9.80 Å². The van der Waals surface area contributed by atoms with E-state index < -0.39 is 0 Å². The van der Waals surface area contributed by atoms with E-state index in [9.17, 15) is 0 Å². The number of benzene rings is 1. The molecule has 1 atom stereocenters. The van der Waals surface area contributed by atoms with Crippen molar-refractivity contribution in [3.63, 3.8) is 0 Å². The molecule has 0 amide bonds. The van der Waals surface area contributed by atoms with Crippen LogP contribution in [0.15, 0.2) is 45.0 Å². The van der Waals surface area contributed by atoms with Gasteiger partial charge >= 0.3 is 0 Å². The van der Waals surface area contributed by atoms with Gasteiger partial charge in [-0.1, -0.05) is 37.2 Å². The molecule has 7 heteroatoms. The molecule has 1 saturated carbocycles. The zero-order valence-electron chi connectivity index (χ0n) is 17.2. The van der Waals surface area contributed by atoms with E-state index in [1.54, 1.807) is 5.57 Å². The maximum atomic E-state index is 8.78. The van der Waals surface area contributed by atoms with Crippen LogP contribution in [0.3, 0.4) is 0 Å². The second-order valence-electron chi connectivity index (χ2n) is 7.35. The average Bonchev–Trinajstić information content (AvgIpc) is 3.37. The number of hydrogen-bond acceptors (Lipinski definition) is 7. The number of thioether (sulfide) groups is 2. The smallest absolute Gasteiger partial charge is 0.138 e. The van der Waals surface area contributed by atoms with Crippen LogP contribution < -0.4 is 10.9 Å². The van der Waals surface area contributed by atoms with Gasteiger partial charge in [-0.25, -0.2) is 15.2 Å². The molecule has 1 aromatic rings. The zero-order chi connectivity index (χ0) is 20.6. The van der Waals surface area contributed by atoms with E-state index in [2.05, 4.69) is 50.5 Å². The fourth-order valence-electron chi connectivity index (χ4n) is 4.17. The summed E-state index contributed by atoms with van der Waals surface area (Å²) >= 11 is 3.08. The van der Waals surface area contributed by atoms with Crippen molar-refractivity contribution < 1.29 is 9.78 Å². The average molecular weight is 432 g/mol. The largest absolute Gasteiger partial charge is 0.319 e. The Morgan fingerprint density at radius 3 is 2.41 bits per heavy atom. The van der Waals surface area contributed by atoms with Crippen molar-refractivity contribution in [2.24, 2.45) is 11.8 Å². The molecule has 0 radical (unpaired) electrons. The predicted molar refractivity (Wildman–Crippen MR) is 120 cm³/mol. The van der Waals surface area contributed by atoms with E-state index in [1.807, 2.05) is 23.9 Å². The molecular weight excluding hydrogens is 402 g/mol. The summed E-state index contributed by atoms with van der Waals surface area (Å²) in [5, 5.41) is 13.3. The fraction of sp³-hybridized carbons (Fsp3) is 0.500. The quantitative estimate of drug-likeness (QED) is 0.278. The minimum Gasteiger partial charge on any atom is -0.319 e. The predicted octanol–water partition coefficient (Wildman–Crippen LogP) is 5.45. The van der Waals surface area contributed by atoms with E-state index in [4.69, 9.17) is 5.26 Å². The first kappa shape index (κ1) is 22.3. The van der Waals surface area contributed by atoms with Crippen LogP contribution in [0.5, 0.6) is 0 Å². The lowest BCUT2D eigenvalue weighted by atomic mass is 9.76. The Balaban J connectivity index is 0.000000552. The number of nitriles is 1.